The predicted molar refractivity (Wildman–Crippen MR) is 84.3 cm³/mol. The van der Waals surface area contributed by atoms with Crippen molar-refractivity contribution in [3.63, 3.8) is 0 Å². The van der Waals surface area contributed by atoms with Crippen LogP contribution < -0.4 is 5.32 Å². The lowest BCUT2D eigenvalue weighted by molar-refractivity contribution is 0.102. The highest BCUT2D eigenvalue weighted by atomic mass is 79.9. The molecule has 2 aromatic carbocycles. The van der Waals surface area contributed by atoms with Crippen molar-refractivity contribution in [1.82, 2.24) is 0 Å². The van der Waals surface area contributed by atoms with Gasteiger partial charge in [0.2, 0.25) is 0 Å². The lowest BCUT2D eigenvalue weighted by atomic mass is 10.1. The fraction of sp³-hybridized carbons (Fsp3) is 0.133. The van der Waals surface area contributed by atoms with E-state index >= 15 is 0 Å². The third-order valence-corrected chi connectivity index (χ3v) is 3.37. The molecule has 0 radical (unpaired) electrons. The number of hydrogen-bond acceptors (Lipinski definition) is 2. The number of nitrogens with one attached hydrogen (secondary N) is 1. The number of carbonyl (C=O) groups excluding carboxylic acids is 1. The van der Waals surface area contributed by atoms with Gasteiger partial charge in [-0.3, -0.25) is 4.79 Å². The van der Waals surface area contributed by atoms with Crippen molar-refractivity contribution in [3.05, 3.63) is 63.1 Å². The summed E-state index contributed by atoms with van der Waals surface area (Å²) >= 11 is 9.27. The summed E-state index contributed by atoms with van der Waals surface area (Å²) in [6, 6.07) is 12.6. The zero-order chi connectivity index (χ0) is 14.5. The molecule has 0 spiro atoms. The van der Waals surface area contributed by atoms with Crippen LogP contribution >= 0.6 is 27.5 Å². The number of methoxy groups -OCH3 is 1. The Morgan fingerprint density at radius 1 is 1.30 bits per heavy atom. The van der Waals surface area contributed by atoms with E-state index in [0.29, 0.717) is 17.2 Å². The minimum Gasteiger partial charge on any atom is -0.380 e. The summed E-state index contributed by atoms with van der Waals surface area (Å²) in [5.41, 5.74) is 2.15. The van der Waals surface area contributed by atoms with Crippen molar-refractivity contribution in [3.8, 4) is 0 Å². The van der Waals surface area contributed by atoms with Gasteiger partial charge in [-0.2, -0.15) is 0 Å². The molecule has 0 aliphatic carbocycles. The quantitative estimate of drug-likeness (QED) is 0.878. The molecule has 1 amide bonds. The fourth-order valence-electron chi connectivity index (χ4n) is 1.80. The van der Waals surface area contributed by atoms with Crippen molar-refractivity contribution in [1.29, 1.82) is 0 Å². The third-order valence-electron chi connectivity index (χ3n) is 2.69. The Hall–Kier alpha value is -1.36. The molecule has 0 unspecified atom stereocenters. The van der Waals surface area contributed by atoms with Crippen LogP contribution in [0.25, 0.3) is 0 Å². The first kappa shape index (κ1) is 15.0. The SMILES string of the molecule is COCc1ccccc1NC(=O)c1cc(Cl)cc(Br)c1. The van der Waals surface area contributed by atoms with Crippen LogP contribution in [0.15, 0.2) is 46.9 Å². The number of para-hydroxylation sites is 1. The summed E-state index contributed by atoms with van der Waals surface area (Å²) < 4.78 is 5.88. The Balaban J connectivity index is 2.23. The van der Waals surface area contributed by atoms with Gasteiger partial charge in [-0.1, -0.05) is 45.7 Å². The highest BCUT2D eigenvalue weighted by Gasteiger charge is 2.10. The molecule has 0 aliphatic heterocycles. The maximum Gasteiger partial charge on any atom is 0.255 e. The van der Waals surface area contributed by atoms with Crippen molar-refractivity contribution in [2.45, 2.75) is 6.61 Å². The number of anilines is 1. The molecule has 0 saturated carbocycles. The molecule has 0 aromatic heterocycles. The lowest BCUT2D eigenvalue weighted by Gasteiger charge is -2.11. The minimum atomic E-state index is -0.211. The number of halogens is 2. The fourth-order valence-corrected chi connectivity index (χ4v) is 2.66. The summed E-state index contributed by atoms with van der Waals surface area (Å²) in [6.07, 6.45) is 0. The van der Waals surface area contributed by atoms with Gasteiger partial charge in [-0.05, 0) is 24.3 Å². The Kier molecular flexibility index (Phi) is 5.17. The molecule has 0 atom stereocenters. The first-order chi connectivity index (χ1) is 9.60. The highest BCUT2D eigenvalue weighted by molar-refractivity contribution is 9.10. The van der Waals surface area contributed by atoms with Gasteiger partial charge in [-0.25, -0.2) is 0 Å². The van der Waals surface area contributed by atoms with E-state index in [-0.39, 0.29) is 5.91 Å². The number of amides is 1. The number of rotatable bonds is 4. The average Bonchev–Trinajstić information content (AvgIpc) is 2.40. The summed E-state index contributed by atoms with van der Waals surface area (Å²) in [5.74, 6) is -0.211. The summed E-state index contributed by atoms with van der Waals surface area (Å²) in [7, 11) is 1.62. The summed E-state index contributed by atoms with van der Waals surface area (Å²) in [4.78, 5) is 12.2. The zero-order valence-electron chi connectivity index (χ0n) is 10.8. The van der Waals surface area contributed by atoms with Crippen molar-refractivity contribution in [2.24, 2.45) is 0 Å². The minimum absolute atomic E-state index is 0.211. The van der Waals surface area contributed by atoms with Gasteiger partial charge in [-0.15, -0.1) is 0 Å². The largest absolute Gasteiger partial charge is 0.380 e. The zero-order valence-corrected chi connectivity index (χ0v) is 13.2. The molecule has 2 rings (SSSR count). The Morgan fingerprint density at radius 2 is 2.05 bits per heavy atom. The second-order valence-electron chi connectivity index (χ2n) is 4.20. The van der Waals surface area contributed by atoms with E-state index in [2.05, 4.69) is 21.2 Å². The van der Waals surface area contributed by atoms with E-state index in [9.17, 15) is 4.79 Å². The lowest BCUT2D eigenvalue weighted by Crippen LogP contribution is -2.13. The van der Waals surface area contributed by atoms with E-state index < -0.39 is 0 Å². The second kappa shape index (κ2) is 6.88. The number of carbonyl (C=O) groups is 1. The van der Waals surface area contributed by atoms with Crippen LogP contribution in [0.3, 0.4) is 0 Å². The van der Waals surface area contributed by atoms with E-state index in [1.165, 1.54) is 0 Å². The molecule has 20 heavy (non-hydrogen) atoms. The molecule has 5 heteroatoms. The van der Waals surface area contributed by atoms with Crippen LogP contribution in [0.1, 0.15) is 15.9 Å². The standard InChI is InChI=1S/C15H13BrClNO2/c1-20-9-10-4-2-3-5-14(10)18-15(19)11-6-12(16)8-13(17)7-11/h2-8H,9H2,1H3,(H,18,19). The molecule has 0 saturated heterocycles. The number of benzene rings is 2. The van der Waals surface area contributed by atoms with Gasteiger partial charge in [0.05, 0.1) is 6.61 Å². The Morgan fingerprint density at radius 3 is 2.75 bits per heavy atom. The Labute approximate surface area is 131 Å². The molecule has 0 heterocycles. The Bertz CT molecular complexity index is 611. The number of hydrogen-bond donors (Lipinski definition) is 1. The topological polar surface area (TPSA) is 38.3 Å². The van der Waals surface area contributed by atoms with E-state index in [0.717, 1.165) is 15.7 Å². The van der Waals surface area contributed by atoms with Crippen LogP contribution in [0.2, 0.25) is 5.02 Å². The first-order valence-electron chi connectivity index (χ1n) is 5.94. The molecule has 0 fully saturated rings. The van der Waals surface area contributed by atoms with Crippen LogP contribution in [0.4, 0.5) is 5.69 Å². The predicted octanol–water partition coefficient (Wildman–Crippen LogP) is 4.50. The smallest absolute Gasteiger partial charge is 0.255 e. The van der Waals surface area contributed by atoms with E-state index in [4.69, 9.17) is 16.3 Å². The monoisotopic (exact) mass is 353 g/mol. The molecule has 1 N–H and O–H groups in total. The molecule has 0 aliphatic rings. The van der Waals surface area contributed by atoms with Gasteiger partial charge in [0, 0.05) is 33.4 Å². The average molecular weight is 355 g/mol. The van der Waals surface area contributed by atoms with Gasteiger partial charge >= 0.3 is 0 Å². The van der Waals surface area contributed by atoms with Gasteiger partial charge in [0.15, 0.2) is 0 Å². The van der Waals surface area contributed by atoms with E-state index in [1.807, 2.05) is 24.3 Å². The summed E-state index contributed by atoms with van der Waals surface area (Å²) in [6.45, 7) is 0.440. The molecule has 2 aromatic rings. The molecular formula is C15H13BrClNO2. The van der Waals surface area contributed by atoms with Gasteiger partial charge < -0.3 is 10.1 Å². The van der Waals surface area contributed by atoms with Crippen LogP contribution in [0.5, 0.6) is 0 Å². The summed E-state index contributed by atoms with van der Waals surface area (Å²) in [5, 5.41) is 3.38. The van der Waals surface area contributed by atoms with Crippen LogP contribution in [-0.2, 0) is 11.3 Å². The van der Waals surface area contributed by atoms with Crippen LogP contribution in [0, 0.1) is 0 Å². The maximum absolute atomic E-state index is 12.2. The first-order valence-corrected chi connectivity index (χ1v) is 7.11. The molecule has 104 valence electrons. The molecule has 0 bridgehead atoms. The van der Waals surface area contributed by atoms with E-state index in [1.54, 1.807) is 25.3 Å². The van der Waals surface area contributed by atoms with Gasteiger partial charge in [0.1, 0.15) is 0 Å². The maximum atomic E-state index is 12.2. The van der Waals surface area contributed by atoms with Crippen molar-refractivity contribution >= 4 is 39.1 Å². The van der Waals surface area contributed by atoms with Gasteiger partial charge in [0.25, 0.3) is 5.91 Å². The normalized spacial score (nSPS) is 10.3. The van der Waals surface area contributed by atoms with Crippen molar-refractivity contribution < 1.29 is 9.53 Å². The number of ether oxygens (including phenoxy) is 1. The molecule has 3 nitrogen and oxygen atoms in total. The highest BCUT2D eigenvalue weighted by Crippen LogP contribution is 2.22. The van der Waals surface area contributed by atoms with Crippen molar-refractivity contribution in [2.75, 3.05) is 12.4 Å². The second-order valence-corrected chi connectivity index (χ2v) is 5.55. The molecular weight excluding hydrogens is 342 g/mol. The third kappa shape index (κ3) is 3.82. The van der Waals surface area contributed by atoms with Crippen LogP contribution in [-0.4, -0.2) is 13.0 Å².